The number of likely N-dealkylation sites (tertiary alicyclic amines) is 1. The van der Waals surface area contributed by atoms with Gasteiger partial charge in [-0.2, -0.15) is 0 Å². The maximum atomic E-state index is 13.3. The van der Waals surface area contributed by atoms with Crippen molar-refractivity contribution in [2.24, 2.45) is 5.92 Å². The average molecular weight is 462 g/mol. The summed E-state index contributed by atoms with van der Waals surface area (Å²) in [6.07, 6.45) is 6.28. The van der Waals surface area contributed by atoms with Crippen LogP contribution in [-0.2, 0) is 16.0 Å². The number of rotatable bonds is 8. The molecule has 0 aliphatic carbocycles. The van der Waals surface area contributed by atoms with E-state index in [1.54, 1.807) is 17.3 Å². The summed E-state index contributed by atoms with van der Waals surface area (Å²) in [6.45, 7) is 1.74. The molecule has 9 heteroatoms. The minimum absolute atomic E-state index is 0.0103. The minimum Gasteiger partial charge on any atom is -0.488 e. The van der Waals surface area contributed by atoms with Crippen LogP contribution in [0.25, 0.3) is 11.0 Å². The Bertz CT molecular complexity index is 1220. The van der Waals surface area contributed by atoms with Crippen LogP contribution in [-0.4, -0.2) is 56.5 Å². The third-order valence-electron chi connectivity index (χ3n) is 6.51. The molecular weight excluding hydrogens is 434 g/mol. The first-order chi connectivity index (χ1) is 16.6. The number of pyridine rings is 3. The number of hydrogen-bond donors (Lipinski definition) is 2. The second kappa shape index (κ2) is 9.62. The number of nitrogens with one attached hydrogen (secondary N) is 1. The molecule has 5 heterocycles. The van der Waals surface area contributed by atoms with E-state index in [2.05, 4.69) is 20.3 Å². The number of carbonyl (C=O) groups is 2. The zero-order chi connectivity index (χ0) is 23.5. The molecule has 5 rings (SSSR count). The molecule has 34 heavy (non-hydrogen) atoms. The van der Waals surface area contributed by atoms with E-state index in [1.807, 2.05) is 30.3 Å². The lowest BCUT2D eigenvalue weighted by Crippen LogP contribution is -2.33. The average Bonchev–Trinajstić information content (AvgIpc) is 3.22. The van der Waals surface area contributed by atoms with E-state index in [9.17, 15) is 14.7 Å². The first kappa shape index (κ1) is 22.1. The number of aromatic nitrogens is 3. The Morgan fingerprint density at radius 2 is 2.21 bits per heavy atom. The van der Waals surface area contributed by atoms with Crippen molar-refractivity contribution >= 4 is 28.7 Å². The number of aliphatic carboxylic acids is 1. The summed E-state index contributed by atoms with van der Waals surface area (Å²) in [5.74, 6) is 0.190. The van der Waals surface area contributed by atoms with Crippen LogP contribution < -0.4 is 10.1 Å². The summed E-state index contributed by atoms with van der Waals surface area (Å²) in [5, 5.41) is 13.7. The van der Waals surface area contributed by atoms with Crippen LogP contribution in [0, 0.1) is 5.92 Å². The van der Waals surface area contributed by atoms with Crippen LogP contribution in [0.5, 0.6) is 5.75 Å². The number of carbonyl (C=O) groups excluding carboxylic acids is 1. The molecule has 2 N–H and O–H groups in total. The maximum Gasteiger partial charge on any atom is 0.305 e. The summed E-state index contributed by atoms with van der Waals surface area (Å²) < 4.78 is 5.67. The fraction of sp³-hybridized carbons (Fsp3) is 0.400. The topological polar surface area (TPSA) is 118 Å². The van der Waals surface area contributed by atoms with E-state index in [-0.39, 0.29) is 18.2 Å². The Labute approximate surface area is 197 Å². The number of carboxylic acid groups (broad SMARTS) is 1. The quantitative estimate of drug-likeness (QED) is 0.525. The van der Waals surface area contributed by atoms with Crippen molar-refractivity contribution in [1.29, 1.82) is 0 Å². The number of anilines is 1. The second-order valence-corrected chi connectivity index (χ2v) is 8.77. The third kappa shape index (κ3) is 4.64. The van der Waals surface area contributed by atoms with Crippen LogP contribution in [0.1, 0.15) is 43.0 Å². The number of fused-ring (bicyclic) bond motifs is 2. The number of nitrogens with zero attached hydrogens (tertiary/aromatic N) is 4. The molecule has 1 amide bonds. The maximum absolute atomic E-state index is 13.3. The summed E-state index contributed by atoms with van der Waals surface area (Å²) in [6, 6.07) is 9.15. The summed E-state index contributed by atoms with van der Waals surface area (Å²) in [7, 11) is 0. The van der Waals surface area contributed by atoms with E-state index in [4.69, 9.17) is 4.74 Å². The number of amides is 1. The molecule has 0 bridgehead atoms. The molecule has 0 aromatic carbocycles. The largest absolute Gasteiger partial charge is 0.488 e. The van der Waals surface area contributed by atoms with Gasteiger partial charge in [0.25, 0.3) is 0 Å². The number of aryl methyl sites for hydroxylation is 1. The molecule has 2 aliphatic heterocycles. The van der Waals surface area contributed by atoms with Gasteiger partial charge in [0.2, 0.25) is 5.91 Å². The monoisotopic (exact) mass is 461 g/mol. The van der Waals surface area contributed by atoms with Gasteiger partial charge in [0.05, 0.1) is 19.0 Å². The molecule has 2 aliphatic rings. The van der Waals surface area contributed by atoms with Gasteiger partial charge in [0.1, 0.15) is 6.61 Å². The first-order valence-corrected chi connectivity index (χ1v) is 11.7. The highest BCUT2D eigenvalue weighted by Crippen LogP contribution is 2.36. The fourth-order valence-electron chi connectivity index (χ4n) is 4.79. The van der Waals surface area contributed by atoms with Gasteiger partial charge in [-0.1, -0.05) is 0 Å². The molecule has 0 saturated carbocycles. The highest BCUT2D eigenvalue weighted by Gasteiger charge is 2.37. The predicted octanol–water partition coefficient (Wildman–Crippen LogP) is 3.22. The number of ether oxygens (including phenoxy) is 1. The molecule has 1 saturated heterocycles. The van der Waals surface area contributed by atoms with Crippen LogP contribution in [0.3, 0.4) is 0 Å². The Morgan fingerprint density at radius 3 is 3.09 bits per heavy atom. The van der Waals surface area contributed by atoms with Gasteiger partial charge in [0.15, 0.2) is 17.2 Å². The highest BCUT2D eigenvalue weighted by atomic mass is 16.5. The van der Waals surface area contributed by atoms with Crippen molar-refractivity contribution in [2.45, 2.75) is 38.1 Å². The smallest absolute Gasteiger partial charge is 0.305 e. The minimum atomic E-state index is -0.950. The molecule has 2 unspecified atom stereocenters. The van der Waals surface area contributed by atoms with Gasteiger partial charge in [-0.05, 0) is 61.6 Å². The highest BCUT2D eigenvalue weighted by molar-refractivity contribution is 5.82. The molecule has 9 nitrogen and oxygen atoms in total. The molecule has 1 fully saturated rings. The standard InChI is InChI=1S/C25H27N5O4/c31-22(32)14-20(18-13-21-24(28-15-18)27-10-12-34-21)30-11-8-17(25(30)33)3-1-5-19-7-6-16-4-2-9-26-23(16)29-19/h2,4,6-7,9,13,15,17,20H,1,3,5,8,10-12,14H2,(H,27,28)(H,31,32). The summed E-state index contributed by atoms with van der Waals surface area (Å²) in [4.78, 5) is 39.9. The lowest BCUT2D eigenvalue weighted by Gasteiger charge is -2.28. The van der Waals surface area contributed by atoms with E-state index in [1.165, 1.54) is 0 Å². The van der Waals surface area contributed by atoms with Crippen molar-refractivity contribution in [3.8, 4) is 5.75 Å². The van der Waals surface area contributed by atoms with Gasteiger partial charge in [-0.3, -0.25) is 9.59 Å². The predicted molar refractivity (Wildman–Crippen MR) is 126 cm³/mol. The van der Waals surface area contributed by atoms with Gasteiger partial charge >= 0.3 is 5.97 Å². The van der Waals surface area contributed by atoms with Crippen LogP contribution in [0.4, 0.5) is 5.82 Å². The molecule has 3 aromatic heterocycles. The van der Waals surface area contributed by atoms with Crippen molar-refractivity contribution in [3.05, 3.63) is 54.0 Å². The molecule has 2 atom stereocenters. The van der Waals surface area contributed by atoms with Crippen LogP contribution >= 0.6 is 0 Å². The van der Waals surface area contributed by atoms with Gasteiger partial charge in [-0.15, -0.1) is 0 Å². The van der Waals surface area contributed by atoms with E-state index in [0.29, 0.717) is 36.8 Å². The normalized spacial score (nSPS) is 18.3. The van der Waals surface area contributed by atoms with E-state index < -0.39 is 12.0 Å². The lowest BCUT2D eigenvalue weighted by molar-refractivity contribution is -0.140. The molecule has 0 spiro atoms. The van der Waals surface area contributed by atoms with Crippen molar-refractivity contribution in [3.63, 3.8) is 0 Å². The Balaban J connectivity index is 1.24. The Morgan fingerprint density at radius 1 is 1.29 bits per heavy atom. The van der Waals surface area contributed by atoms with Crippen molar-refractivity contribution in [2.75, 3.05) is 25.0 Å². The fourth-order valence-corrected chi connectivity index (χ4v) is 4.79. The van der Waals surface area contributed by atoms with Gasteiger partial charge in [0, 0.05) is 35.9 Å². The zero-order valence-electron chi connectivity index (χ0n) is 18.8. The van der Waals surface area contributed by atoms with Crippen LogP contribution in [0.15, 0.2) is 42.7 Å². The van der Waals surface area contributed by atoms with E-state index >= 15 is 0 Å². The van der Waals surface area contributed by atoms with Crippen molar-refractivity contribution in [1.82, 2.24) is 19.9 Å². The summed E-state index contributed by atoms with van der Waals surface area (Å²) in [5.41, 5.74) is 2.38. The number of hydrogen-bond acceptors (Lipinski definition) is 7. The summed E-state index contributed by atoms with van der Waals surface area (Å²) >= 11 is 0. The zero-order valence-corrected chi connectivity index (χ0v) is 18.8. The SMILES string of the molecule is O=C(O)CC(c1cnc2c(c1)OCCN2)N1CCC(CCCc2ccc3cccnc3n2)C1=O. The Hall–Kier alpha value is -3.75. The van der Waals surface area contributed by atoms with Crippen LogP contribution in [0.2, 0.25) is 0 Å². The van der Waals surface area contributed by atoms with Gasteiger partial charge in [-0.25, -0.2) is 15.0 Å². The molecule has 3 aromatic rings. The molecule has 176 valence electrons. The van der Waals surface area contributed by atoms with E-state index in [0.717, 1.165) is 42.4 Å². The molecular formula is C25H27N5O4. The number of carboxylic acids is 1. The molecule has 0 radical (unpaired) electrons. The second-order valence-electron chi connectivity index (χ2n) is 8.77. The van der Waals surface area contributed by atoms with Crippen molar-refractivity contribution < 1.29 is 19.4 Å². The Kier molecular flexibility index (Phi) is 6.24. The first-order valence-electron chi connectivity index (χ1n) is 11.7. The third-order valence-corrected chi connectivity index (χ3v) is 6.51. The lowest BCUT2D eigenvalue weighted by atomic mass is 9.99. The van der Waals surface area contributed by atoms with Gasteiger partial charge < -0.3 is 20.1 Å².